The van der Waals surface area contributed by atoms with E-state index in [2.05, 4.69) is 16.2 Å². The van der Waals surface area contributed by atoms with Crippen LogP contribution in [0, 0.1) is 10.1 Å². The Kier molecular flexibility index (Phi) is 8.45. The summed E-state index contributed by atoms with van der Waals surface area (Å²) in [6, 6.07) is 12.6. The number of nitrogens with zero attached hydrogens (tertiary/aromatic N) is 1. The summed E-state index contributed by atoms with van der Waals surface area (Å²) in [7, 11) is 0. The minimum absolute atomic E-state index is 0.0827. The van der Waals surface area contributed by atoms with Crippen molar-refractivity contribution < 1.29 is 19.2 Å². The third-order valence-electron chi connectivity index (χ3n) is 3.63. The van der Waals surface area contributed by atoms with E-state index in [1.807, 2.05) is 6.92 Å². The van der Waals surface area contributed by atoms with Crippen LogP contribution in [0.3, 0.4) is 0 Å². The molecule has 0 spiro atoms. The maximum Gasteiger partial charge on any atom is 0.273 e. The fraction of sp³-hybridized carbons (Fsp3) is 0.150. The Balaban J connectivity index is 1.87. The first-order valence-electron chi connectivity index (χ1n) is 8.96. The van der Waals surface area contributed by atoms with Gasteiger partial charge in [-0.05, 0) is 42.4 Å². The van der Waals surface area contributed by atoms with Crippen molar-refractivity contribution in [2.75, 3.05) is 6.61 Å². The highest BCUT2D eigenvalue weighted by molar-refractivity contribution is 7.80. The Bertz CT molecular complexity index is 977. The standard InChI is InChI=1S/C20H20N4O5S/c1-2-12-29-17-9-4-3-8-16(17)19(26)22-23-20(30)21-18(25)11-10-14-6-5-7-15(13-14)24(27)28/h3-11,13H,2,12H2,1H3,(H,22,26)(H2,21,23,25,30)/b11-10+. The first-order valence-corrected chi connectivity index (χ1v) is 9.37. The van der Waals surface area contributed by atoms with E-state index < -0.39 is 16.7 Å². The van der Waals surface area contributed by atoms with E-state index in [1.165, 1.54) is 30.4 Å². The molecule has 30 heavy (non-hydrogen) atoms. The SMILES string of the molecule is CCCOc1ccccc1C(=O)NNC(=S)NC(=O)/C=C/c1cccc([N+](=O)[O-])c1. The molecule has 2 rings (SSSR count). The highest BCUT2D eigenvalue weighted by Gasteiger charge is 2.12. The van der Waals surface area contributed by atoms with Crippen LogP contribution in [0.5, 0.6) is 5.75 Å². The van der Waals surface area contributed by atoms with Crippen LogP contribution in [-0.2, 0) is 4.79 Å². The minimum atomic E-state index is -0.570. The molecule has 0 unspecified atom stereocenters. The van der Waals surface area contributed by atoms with Gasteiger partial charge in [0, 0.05) is 18.2 Å². The number of nitrogens with one attached hydrogen (secondary N) is 3. The maximum atomic E-state index is 12.3. The molecule has 0 bridgehead atoms. The maximum absolute atomic E-state index is 12.3. The average Bonchev–Trinajstić information content (AvgIpc) is 2.75. The Morgan fingerprint density at radius 1 is 1.17 bits per heavy atom. The van der Waals surface area contributed by atoms with Crippen LogP contribution in [0.25, 0.3) is 6.08 Å². The van der Waals surface area contributed by atoms with Gasteiger partial charge in [-0.2, -0.15) is 0 Å². The van der Waals surface area contributed by atoms with Crippen LogP contribution in [-0.4, -0.2) is 28.5 Å². The van der Waals surface area contributed by atoms with E-state index in [0.29, 0.717) is 23.5 Å². The predicted octanol–water partition coefficient (Wildman–Crippen LogP) is 2.73. The van der Waals surface area contributed by atoms with Crippen LogP contribution >= 0.6 is 12.2 Å². The van der Waals surface area contributed by atoms with Crippen LogP contribution in [0.4, 0.5) is 5.69 Å². The molecule has 9 nitrogen and oxygen atoms in total. The molecule has 0 saturated heterocycles. The molecule has 2 aromatic carbocycles. The molecule has 156 valence electrons. The third-order valence-corrected chi connectivity index (χ3v) is 3.83. The Morgan fingerprint density at radius 2 is 1.93 bits per heavy atom. The van der Waals surface area contributed by atoms with Gasteiger partial charge in [0.15, 0.2) is 5.11 Å². The van der Waals surface area contributed by atoms with Crippen molar-refractivity contribution in [3.8, 4) is 5.75 Å². The van der Waals surface area contributed by atoms with Gasteiger partial charge in [0.05, 0.1) is 17.1 Å². The highest BCUT2D eigenvalue weighted by atomic mass is 32.1. The van der Waals surface area contributed by atoms with E-state index in [1.54, 1.807) is 30.3 Å². The van der Waals surface area contributed by atoms with Gasteiger partial charge >= 0.3 is 0 Å². The quantitative estimate of drug-likeness (QED) is 0.268. The summed E-state index contributed by atoms with van der Waals surface area (Å²) in [4.78, 5) is 34.5. The van der Waals surface area contributed by atoms with Gasteiger partial charge < -0.3 is 4.74 Å². The molecule has 3 N–H and O–H groups in total. The molecule has 2 aromatic rings. The van der Waals surface area contributed by atoms with Gasteiger partial charge in [0.2, 0.25) is 5.91 Å². The van der Waals surface area contributed by atoms with Crippen molar-refractivity contribution in [3.63, 3.8) is 0 Å². The number of hydrogen-bond donors (Lipinski definition) is 3. The van der Waals surface area contributed by atoms with E-state index in [9.17, 15) is 19.7 Å². The van der Waals surface area contributed by atoms with Gasteiger partial charge in [-0.15, -0.1) is 0 Å². The number of thiocarbonyl (C=S) groups is 1. The van der Waals surface area contributed by atoms with Crippen LogP contribution in [0.2, 0.25) is 0 Å². The number of nitro groups is 1. The summed E-state index contributed by atoms with van der Waals surface area (Å²) < 4.78 is 5.53. The molecule has 0 saturated carbocycles. The van der Waals surface area contributed by atoms with Crippen LogP contribution < -0.4 is 20.9 Å². The molecular weight excluding hydrogens is 408 g/mol. The second-order valence-corrected chi connectivity index (χ2v) is 6.34. The molecule has 10 heteroatoms. The smallest absolute Gasteiger partial charge is 0.273 e. The first kappa shape index (κ1) is 22.5. The normalized spacial score (nSPS) is 10.3. The monoisotopic (exact) mass is 428 g/mol. The van der Waals surface area contributed by atoms with Crippen molar-refractivity contribution in [1.82, 2.24) is 16.2 Å². The van der Waals surface area contributed by atoms with Crippen molar-refractivity contribution in [2.24, 2.45) is 0 Å². The lowest BCUT2D eigenvalue weighted by Gasteiger charge is -2.12. The number of rotatable bonds is 7. The molecule has 0 aliphatic carbocycles. The summed E-state index contributed by atoms with van der Waals surface area (Å²) >= 11 is 4.98. The van der Waals surface area contributed by atoms with Crippen molar-refractivity contribution in [1.29, 1.82) is 0 Å². The molecule has 0 heterocycles. The summed E-state index contributed by atoms with van der Waals surface area (Å²) in [6.45, 7) is 2.43. The number of carbonyl (C=O) groups is 2. The molecule has 0 fully saturated rings. The number of benzene rings is 2. The molecular formula is C20H20N4O5S. The second kappa shape index (κ2) is 11.3. The lowest BCUT2D eigenvalue weighted by Crippen LogP contribution is -2.48. The van der Waals surface area contributed by atoms with Crippen molar-refractivity contribution in [2.45, 2.75) is 13.3 Å². The van der Waals surface area contributed by atoms with Gasteiger partial charge in [-0.1, -0.05) is 31.2 Å². The molecule has 0 atom stereocenters. The van der Waals surface area contributed by atoms with Gasteiger partial charge in [0.25, 0.3) is 11.6 Å². The Morgan fingerprint density at radius 3 is 2.67 bits per heavy atom. The molecule has 0 aliphatic rings. The zero-order chi connectivity index (χ0) is 21.9. The number of carbonyl (C=O) groups excluding carboxylic acids is 2. The largest absolute Gasteiger partial charge is 0.493 e. The summed E-state index contributed by atoms with van der Waals surface area (Å²) in [5.41, 5.74) is 5.55. The van der Waals surface area contributed by atoms with Gasteiger partial charge in [-0.3, -0.25) is 35.9 Å². The first-order chi connectivity index (χ1) is 14.4. The third kappa shape index (κ3) is 6.99. The van der Waals surface area contributed by atoms with Crippen LogP contribution in [0.1, 0.15) is 29.3 Å². The van der Waals surface area contributed by atoms with E-state index >= 15 is 0 Å². The Hall–Kier alpha value is -3.79. The van der Waals surface area contributed by atoms with Crippen molar-refractivity contribution >= 4 is 40.9 Å². The lowest BCUT2D eigenvalue weighted by molar-refractivity contribution is -0.384. The number of ether oxygens (including phenoxy) is 1. The second-order valence-electron chi connectivity index (χ2n) is 5.93. The minimum Gasteiger partial charge on any atom is -0.493 e. The molecule has 2 amide bonds. The van der Waals surface area contributed by atoms with Crippen LogP contribution in [0.15, 0.2) is 54.6 Å². The average molecular weight is 428 g/mol. The van der Waals surface area contributed by atoms with Gasteiger partial charge in [-0.25, -0.2) is 0 Å². The van der Waals surface area contributed by atoms with E-state index in [0.717, 1.165) is 6.42 Å². The zero-order valence-corrected chi connectivity index (χ0v) is 16.9. The van der Waals surface area contributed by atoms with Crippen molar-refractivity contribution in [3.05, 3.63) is 75.8 Å². The lowest BCUT2D eigenvalue weighted by atomic mass is 10.2. The number of nitro benzene ring substituents is 1. The fourth-order valence-corrected chi connectivity index (χ4v) is 2.42. The highest BCUT2D eigenvalue weighted by Crippen LogP contribution is 2.17. The number of non-ortho nitro benzene ring substituents is 1. The summed E-state index contributed by atoms with van der Waals surface area (Å²) in [5, 5.41) is 13.0. The fourth-order valence-electron chi connectivity index (χ4n) is 2.27. The van der Waals surface area contributed by atoms with E-state index in [-0.39, 0.29) is 10.8 Å². The summed E-state index contributed by atoms with van der Waals surface area (Å²) in [6.07, 6.45) is 3.38. The molecule has 0 aromatic heterocycles. The number of hydrazine groups is 1. The predicted molar refractivity (Wildman–Crippen MR) is 116 cm³/mol. The van der Waals surface area contributed by atoms with Gasteiger partial charge in [0.1, 0.15) is 5.75 Å². The number of para-hydroxylation sites is 1. The summed E-state index contributed by atoms with van der Waals surface area (Å²) in [5.74, 6) is -0.612. The molecule has 0 radical (unpaired) electrons. The number of amides is 2. The number of hydrogen-bond acceptors (Lipinski definition) is 6. The molecule has 0 aliphatic heterocycles. The van der Waals surface area contributed by atoms with E-state index in [4.69, 9.17) is 17.0 Å². The topological polar surface area (TPSA) is 123 Å². The zero-order valence-electron chi connectivity index (χ0n) is 16.1. The Labute approximate surface area is 178 Å².